The van der Waals surface area contributed by atoms with Gasteiger partial charge >= 0.3 is 11.7 Å². The van der Waals surface area contributed by atoms with Crippen LogP contribution in [0.5, 0.6) is 11.5 Å². The third-order valence-electron chi connectivity index (χ3n) is 3.09. The lowest BCUT2D eigenvalue weighted by atomic mass is 10.1. The molecule has 9 nitrogen and oxygen atoms in total. The molecule has 0 amide bonds. The van der Waals surface area contributed by atoms with E-state index in [9.17, 15) is 14.9 Å². The van der Waals surface area contributed by atoms with Gasteiger partial charge in [0.1, 0.15) is 0 Å². The summed E-state index contributed by atoms with van der Waals surface area (Å²) in [5.41, 5.74) is 0.661. The van der Waals surface area contributed by atoms with Crippen molar-refractivity contribution in [1.82, 2.24) is 5.16 Å². The fraction of sp³-hybridized carbons (Fsp3) is 0.250. The number of carboxylic acid groups (broad SMARTS) is 1. The molecule has 0 saturated heterocycles. The predicted octanol–water partition coefficient (Wildman–Crippen LogP) is 2.92. The van der Waals surface area contributed by atoms with Crippen molar-refractivity contribution >= 4 is 23.8 Å². The zero-order chi connectivity index (χ0) is 18.4. The van der Waals surface area contributed by atoms with Gasteiger partial charge in [-0.1, -0.05) is 17.3 Å². The molecule has 0 unspecified atom stereocenters. The number of benzene rings is 1. The normalized spacial score (nSPS) is 10.8. The first-order valence-corrected chi connectivity index (χ1v) is 7.32. The molecule has 2 aromatic rings. The van der Waals surface area contributed by atoms with Crippen molar-refractivity contribution in [3.8, 4) is 11.5 Å². The van der Waals surface area contributed by atoms with Crippen molar-refractivity contribution in [1.29, 1.82) is 0 Å². The molecule has 0 saturated carbocycles. The second-order valence-electron chi connectivity index (χ2n) is 4.89. The van der Waals surface area contributed by atoms with Crippen LogP contribution in [-0.4, -0.2) is 34.4 Å². The summed E-state index contributed by atoms with van der Waals surface area (Å²) in [6.07, 6.45) is 3.03. The van der Waals surface area contributed by atoms with E-state index in [-0.39, 0.29) is 17.1 Å². The summed E-state index contributed by atoms with van der Waals surface area (Å²) in [4.78, 5) is 21.1. The van der Waals surface area contributed by atoms with E-state index in [1.807, 2.05) is 0 Å². The van der Waals surface area contributed by atoms with E-state index in [0.717, 1.165) is 0 Å². The molecule has 2 rings (SSSR count). The maximum absolute atomic E-state index is 11.0. The Labute approximate surface area is 142 Å². The van der Waals surface area contributed by atoms with Crippen molar-refractivity contribution in [2.24, 2.45) is 0 Å². The highest BCUT2D eigenvalue weighted by atomic mass is 16.6. The van der Waals surface area contributed by atoms with Gasteiger partial charge in [-0.2, -0.15) is 0 Å². The van der Waals surface area contributed by atoms with Gasteiger partial charge in [-0.05, 0) is 37.6 Å². The van der Waals surface area contributed by atoms with Gasteiger partial charge in [0.05, 0.1) is 11.5 Å². The Morgan fingerprint density at radius 1 is 1.36 bits per heavy atom. The minimum absolute atomic E-state index is 0.0339. The number of aliphatic carboxylic acids is 1. The van der Waals surface area contributed by atoms with E-state index in [2.05, 4.69) is 5.16 Å². The molecule has 1 aromatic heterocycles. The molecule has 0 radical (unpaired) electrons. The number of hydrogen-bond acceptors (Lipinski definition) is 7. The molecule has 1 N–H and O–H groups in total. The smallest absolute Gasteiger partial charge is 0.341 e. The number of aryl methyl sites for hydroxylation is 1. The fourth-order valence-electron chi connectivity index (χ4n) is 2.04. The van der Waals surface area contributed by atoms with Crippen LogP contribution >= 0.6 is 0 Å². The first-order valence-electron chi connectivity index (χ1n) is 7.32. The first kappa shape index (κ1) is 18.0. The number of hydrogen-bond donors (Lipinski definition) is 1. The Morgan fingerprint density at radius 3 is 2.76 bits per heavy atom. The molecule has 1 heterocycles. The molecule has 132 valence electrons. The third kappa shape index (κ3) is 4.56. The molecule has 0 atom stereocenters. The molecule has 25 heavy (non-hydrogen) atoms. The van der Waals surface area contributed by atoms with E-state index in [0.29, 0.717) is 23.7 Å². The number of rotatable bonds is 8. The number of ether oxygens (including phenoxy) is 2. The first-order chi connectivity index (χ1) is 11.9. The van der Waals surface area contributed by atoms with Crippen LogP contribution in [0.1, 0.15) is 23.9 Å². The van der Waals surface area contributed by atoms with E-state index in [4.69, 9.17) is 19.1 Å². The van der Waals surface area contributed by atoms with Gasteiger partial charge in [-0.3, -0.25) is 10.1 Å². The highest BCUT2D eigenvalue weighted by molar-refractivity contribution is 5.73. The van der Waals surface area contributed by atoms with Crippen LogP contribution < -0.4 is 9.47 Å². The molecule has 0 bridgehead atoms. The lowest BCUT2D eigenvalue weighted by Crippen LogP contribution is -2.10. The number of carbonyl (C=O) groups is 1. The lowest BCUT2D eigenvalue weighted by molar-refractivity contribution is -0.386. The summed E-state index contributed by atoms with van der Waals surface area (Å²) in [7, 11) is 0. The lowest BCUT2D eigenvalue weighted by Gasteiger charge is -2.11. The van der Waals surface area contributed by atoms with Crippen molar-refractivity contribution in [2.75, 3.05) is 13.2 Å². The fourth-order valence-corrected chi connectivity index (χ4v) is 2.04. The van der Waals surface area contributed by atoms with Crippen molar-refractivity contribution in [3.63, 3.8) is 0 Å². The largest absolute Gasteiger partial charge is 0.490 e. The summed E-state index contributed by atoms with van der Waals surface area (Å²) >= 11 is 0. The van der Waals surface area contributed by atoms with Gasteiger partial charge in [-0.15, -0.1) is 0 Å². The SMILES string of the molecule is CCOc1cc(/C=C\c2onc(C)c2[N+](=O)[O-])ccc1OCC(=O)O. The molecular formula is C16H16N2O7. The summed E-state index contributed by atoms with van der Waals surface area (Å²) in [6.45, 7) is 3.15. The molecule has 0 aliphatic carbocycles. The Bertz CT molecular complexity index is 811. The van der Waals surface area contributed by atoms with Crippen molar-refractivity contribution < 1.29 is 28.8 Å². The van der Waals surface area contributed by atoms with E-state index >= 15 is 0 Å². The zero-order valence-corrected chi connectivity index (χ0v) is 13.6. The monoisotopic (exact) mass is 348 g/mol. The topological polar surface area (TPSA) is 125 Å². The van der Waals surface area contributed by atoms with Crippen LogP contribution in [0, 0.1) is 17.0 Å². The Kier molecular flexibility index (Phi) is 5.72. The van der Waals surface area contributed by atoms with Crippen molar-refractivity contribution in [2.45, 2.75) is 13.8 Å². The number of nitrogens with zero attached hydrogens (tertiary/aromatic N) is 2. The van der Waals surface area contributed by atoms with Crippen LogP contribution in [0.15, 0.2) is 22.7 Å². The maximum atomic E-state index is 11.0. The molecule has 0 spiro atoms. The summed E-state index contributed by atoms with van der Waals surface area (Å²) in [5, 5.41) is 23.3. The van der Waals surface area contributed by atoms with Crippen LogP contribution in [0.4, 0.5) is 5.69 Å². The zero-order valence-electron chi connectivity index (χ0n) is 13.6. The van der Waals surface area contributed by atoms with Crippen LogP contribution in [0.3, 0.4) is 0 Å². The Balaban J connectivity index is 2.26. The van der Waals surface area contributed by atoms with Crippen LogP contribution in [0.25, 0.3) is 12.2 Å². The van der Waals surface area contributed by atoms with Gasteiger partial charge < -0.3 is 19.1 Å². The summed E-state index contributed by atoms with van der Waals surface area (Å²) in [5.74, 6) is -0.400. The molecule has 0 aliphatic rings. The average Bonchev–Trinajstić information content (AvgIpc) is 2.93. The second-order valence-corrected chi connectivity index (χ2v) is 4.89. The summed E-state index contributed by atoms with van der Waals surface area (Å²) in [6, 6.07) is 4.85. The van der Waals surface area contributed by atoms with Crippen LogP contribution in [-0.2, 0) is 4.79 Å². The summed E-state index contributed by atoms with van der Waals surface area (Å²) < 4.78 is 15.5. The molecule has 0 aliphatic heterocycles. The van der Waals surface area contributed by atoms with E-state index in [1.54, 1.807) is 31.2 Å². The highest BCUT2D eigenvalue weighted by Gasteiger charge is 2.21. The quantitative estimate of drug-likeness (QED) is 0.570. The number of aromatic nitrogens is 1. The van der Waals surface area contributed by atoms with Crippen molar-refractivity contribution in [3.05, 3.63) is 45.3 Å². The van der Waals surface area contributed by atoms with Gasteiger partial charge in [0.25, 0.3) is 0 Å². The Hall–Kier alpha value is -3.36. The number of nitro groups is 1. The second kappa shape index (κ2) is 7.95. The minimum Gasteiger partial charge on any atom is -0.490 e. The van der Waals surface area contributed by atoms with Gasteiger partial charge in [0, 0.05) is 0 Å². The molecular weight excluding hydrogens is 332 g/mol. The van der Waals surface area contributed by atoms with Gasteiger partial charge in [0.2, 0.25) is 5.76 Å². The van der Waals surface area contributed by atoms with Crippen LogP contribution in [0.2, 0.25) is 0 Å². The van der Waals surface area contributed by atoms with E-state index in [1.165, 1.54) is 13.0 Å². The highest BCUT2D eigenvalue weighted by Crippen LogP contribution is 2.30. The average molecular weight is 348 g/mol. The number of carboxylic acids is 1. The van der Waals surface area contributed by atoms with Gasteiger partial charge in [-0.25, -0.2) is 4.79 Å². The minimum atomic E-state index is -1.10. The Morgan fingerprint density at radius 2 is 2.12 bits per heavy atom. The predicted molar refractivity (Wildman–Crippen MR) is 87.6 cm³/mol. The molecule has 9 heteroatoms. The van der Waals surface area contributed by atoms with E-state index < -0.39 is 17.5 Å². The van der Waals surface area contributed by atoms with Gasteiger partial charge in [0.15, 0.2) is 23.8 Å². The third-order valence-corrected chi connectivity index (χ3v) is 3.09. The molecule has 1 aromatic carbocycles. The molecule has 0 fully saturated rings. The maximum Gasteiger partial charge on any atom is 0.341 e. The standard InChI is InChI=1S/C16H16N2O7/c1-3-23-14-8-11(4-6-12(14)24-9-15(19)20)5-7-13-16(18(21)22)10(2)17-25-13/h4-8H,3,9H2,1-2H3,(H,19,20)/b7-5-.